The van der Waals surface area contributed by atoms with Crippen LogP contribution in [0, 0.1) is 0 Å². The Balaban J connectivity index is 1.80. The molecule has 0 N–H and O–H groups in total. The predicted octanol–water partition coefficient (Wildman–Crippen LogP) is 3.26. The first kappa shape index (κ1) is 19.3. The van der Waals surface area contributed by atoms with Crippen molar-refractivity contribution >= 4 is 17.8 Å². The molecule has 28 heavy (non-hydrogen) atoms. The summed E-state index contributed by atoms with van der Waals surface area (Å²) < 4.78 is 26.4. The number of benzene rings is 2. The van der Waals surface area contributed by atoms with Gasteiger partial charge >= 0.3 is 5.97 Å². The van der Waals surface area contributed by atoms with Crippen molar-refractivity contribution in [3.8, 4) is 23.0 Å². The van der Waals surface area contributed by atoms with Crippen molar-refractivity contribution in [3.05, 3.63) is 53.3 Å². The third-order valence-corrected chi connectivity index (χ3v) is 4.03. The van der Waals surface area contributed by atoms with E-state index in [1.54, 1.807) is 56.5 Å². The second-order valence-electron chi connectivity index (χ2n) is 5.80. The van der Waals surface area contributed by atoms with Crippen molar-refractivity contribution in [3.63, 3.8) is 0 Å². The molecule has 1 heterocycles. The van der Waals surface area contributed by atoms with E-state index in [-0.39, 0.29) is 24.8 Å². The van der Waals surface area contributed by atoms with E-state index in [4.69, 9.17) is 23.7 Å². The second-order valence-corrected chi connectivity index (χ2v) is 5.80. The predicted molar refractivity (Wildman–Crippen MR) is 101 cm³/mol. The maximum absolute atomic E-state index is 12.6. The summed E-state index contributed by atoms with van der Waals surface area (Å²) >= 11 is 0. The van der Waals surface area contributed by atoms with Crippen molar-refractivity contribution in [1.82, 2.24) is 0 Å². The quantitative estimate of drug-likeness (QED) is 0.535. The molecular formula is C21H20O7. The first-order valence-electron chi connectivity index (χ1n) is 8.64. The number of allylic oxidation sites excluding steroid dienone is 1. The fraction of sp³-hybridized carbons (Fsp3) is 0.238. The number of ether oxygens (including phenoxy) is 5. The Labute approximate surface area is 162 Å². The smallest absolute Gasteiger partial charge is 0.344 e. The second kappa shape index (κ2) is 8.47. The summed E-state index contributed by atoms with van der Waals surface area (Å²) in [6.45, 7) is 1.79. The van der Waals surface area contributed by atoms with E-state index in [9.17, 15) is 9.59 Å². The fourth-order valence-corrected chi connectivity index (χ4v) is 2.68. The molecule has 1 aliphatic rings. The standard InChI is InChI=1S/C21H20O7/c1-4-26-20(22)12-27-15-7-8-16-18(11-15)28-19(21(16)23)9-13-5-6-14(24-2)10-17(13)25-3/h5-11H,4,12H2,1-3H3/b19-9-. The van der Waals surface area contributed by atoms with Gasteiger partial charge in [0.05, 0.1) is 26.4 Å². The van der Waals surface area contributed by atoms with E-state index in [0.29, 0.717) is 34.1 Å². The topological polar surface area (TPSA) is 80.3 Å². The number of carbonyl (C=O) groups is 2. The first-order valence-corrected chi connectivity index (χ1v) is 8.64. The number of methoxy groups -OCH3 is 2. The van der Waals surface area contributed by atoms with Gasteiger partial charge in [-0.1, -0.05) is 0 Å². The molecule has 146 valence electrons. The zero-order valence-corrected chi connectivity index (χ0v) is 15.8. The molecule has 0 radical (unpaired) electrons. The van der Waals surface area contributed by atoms with Crippen LogP contribution in [0.3, 0.4) is 0 Å². The third-order valence-electron chi connectivity index (χ3n) is 4.03. The van der Waals surface area contributed by atoms with Gasteiger partial charge in [0.25, 0.3) is 0 Å². The van der Waals surface area contributed by atoms with Crippen LogP contribution in [0.4, 0.5) is 0 Å². The van der Waals surface area contributed by atoms with Crippen LogP contribution in [-0.2, 0) is 9.53 Å². The molecule has 1 aliphatic heterocycles. The lowest BCUT2D eigenvalue weighted by molar-refractivity contribution is -0.145. The average Bonchev–Trinajstić information content (AvgIpc) is 3.01. The molecule has 0 aromatic heterocycles. The minimum absolute atomic E-state index is 0.168. The van der Waals surface area contributed by atoms with Crippen molar-refractivity contribution in [2.24, 2.45) is 0 Å². The number of carbonyl (C=O) groups excluding carboxylic acids is 2. The molecule has 7 heteroatoms. The molecule has 0 spiro atoms. The van der Waals surface area contributed by atoms with E-state index in [2.05, 4.69) is 0 Å². The van der Waals surface area contributed by atoms with Gasteiger partial charge in [-0.3, -0.25) is 4.79 Å². The minimum Gasteiger partial charge on any atom is -0.497 e. The summed E-state index contributed by atoms with van der Waals surface area (Å²) in [6, 6.07) is 10.0. The summed E-state index contributed by atoms with van der Waals surface area (Å²) in [5, 5.41) is 0. The first-order chi connectivity index (χ1) is 13.5. The number of hydrogen-bond donors (Lipinski definition) is 0. The molecule has 0 saturated carbocycles. The Bertz CT molecular complexity index is 930. The monoisotopic (exact) mass is 384 g/mol. The Hall–Kier alpha value is -3.48. The number of ketones is 1. The molecular weight excluding hydrogens is 364 g/mol. The number of fused-ring (bicyclic) bond motifs is 1. The third kappa shape index (κ3) is 4.09. The van der Waals surface area contributed by atoms with Crippen LogP contribution in [0.2, 0.25) is 0 Å². The molecule has 0 aliphatic carbocycles. The van der Waals surface area contributed by atoms with E-state index >= 15 is 0 Å². The zero-order valence-electron chi connectivity index (χ0n) is 15.8. The summed E-state index contributed by atoms with van der Waals surface area (Å²) in [4.78, 5) is 24.0. The highest BCUT2D eigenvalue weighted by Gasteiger charge is 2.28. The molecule has 0 amide bonds. The SMILES string of the molecule is CCOC(=O)COc1ccc2c(c1)O/C(=C\c1ccc(OC)cc1OC)C2=O. The van der Waals surface area contributed by atoms with Gasteiger partial charge in [0.1, 0.15) is 23.0 Å². The van der Waals surface area contributed by atoms with Crippen LogP contribution in [0.5, 0.6) is 23.0 Å². The molecule has 3 rings (SSSR count). The van der Waals surface area contributed by atoms with Gasteiger partial charge < -0.3 is 23.7 Å². The van der Waals surface area contributed by atoms with Crippen LogP contribution < -0.4 is 18.9 Å². The molecule has 2 aromatic rings. The van der Waals surface area contributed by atoms with Gasteiger partial charge in [0, 0.05) is 17.7 Å². The normalized spacial score (nSPS) is 13.7. The van der Waals surface area contributed by atoms with Gasteiger partial charge in [0.2, 0.25) is 5.78 Å². The summed E-state index contributed by atoms with van der Waals surface area (Å²) in [5.74, 6) is 1.42. The minimum atomic E-state index is -0.466. The molecule has 0 saturated heterocycles. The van der Waals surface area contributed by atoms with Gasteiger partial charge in [-0.15, -0.1) is 0 Å². The molecule has 2 aromatic carbocycles. The summed E-state index contributed by atoms with van der Waals surface area (Å²) in [7, 11) is 3.10. The Morgan fingerprint density at radius 2 is 1.86 bits per heavy atom. The van der Waals surface area contributed by atoms with Crippen LogP contribution in [0.15, 0.2) is 42.2 Å². The number of Topliss-reactive ketones (excluding diaryl/α,β-unsaturated/α-hetero) is 1. The lowest BCUT2D eigenvalue weighted by atomic mass is 10.1. The van der Waals surface area contributed by atoms with Crippen molar-refractivity contribution in [2.75, 3.05) is 27.4 Å². The van der Waals surface area contributed by atoms with Crippen molar-refractivity contribution in [2.45, 2.75) is 6.92 Å². The molecule has 7 nitrogen and oxygen atoms in total. The lowest BCUT2D eigenvalue weighted by Crippen LogP contribution is -2.14. The summed E-state index contributed by atoms with van der Waals surface area (Å²) in [5.41, 5.74) is 1.10. The highest BCUT2D eigenvalue weighted by atomic mass is 16.6. The lowest BCUT2D eigenvalue weighted by Gasteiger charge is -2.08. The summed E-state index contributed by atoms with van der Waals surface area (Å²) in [6.07, 6.45) is 1.61. The number of esters is 1. The maximum Gasteiger partial charge on any atom is 0.344 e. The maximum atomic E-state index is 12.6. The number of rotatable bonds is 7. The fourth-order valence-electron chi connectivity index (χ4n) is 2.68. The van der Waals surface area contributed by atoms with Gasteiger partial charge in [-0.25, -0.2) is 4.79 Å². The van der Waals surface area contributed by atoms with E-state index < -0.39 is 5.97 Å². The molecule has 0 atom stereocenters. The number of hydrogen-bond acceptors (Lipinski definition) is 7. The highest BCUT2D eigenvalue weighted by Crippen LogP contribution is 2.36. The van der Waals surface area contributed by atoms with Gasteiger partial charge in [-0.05, 0) is 37.3 Å². The van der Waals surface area contributed by atoms with Crippen molar-refractivity contribution < 1.29 is 33.3 Å². The van der Waals surface area contributed by atoms with Crippen LogP contribution in [-0.4, -0.2) is 39.2 Å². The van der Waals surface area contributed by atoms with Crippen molar-refractivity contribution in [1.29, 1.82) is 0 Å². The van der Waals surface area contributed by atoms with E-state index in [0.717, 1.165) is 0 Å². The molecule has 0 bridgehead atoms. The Kier molecular flexibility index (Phi) is 5.84. The molecule has 0 fully saturated rings. The van der Waals surface area contributed by atoms with Gasteiger partial charge in [-0.2, -0.15) is 0 Å². The van der Waals surface area contributed by atoms with E-state index in [1.165, 1.54) is 7.11 Å². The van der Waals surface area contributed by atoms with E-state index in [1.807, 2.05) is 0 Å². The zero-order chi connectivity index (χ0) is 20.1. The largest absolute Gasteiger partial charge is 0.497 e. The van der Waals surface area contributed by atoms with Crippen LogP contribution in [0.1, 0.15) is 22.8 Å². The average molecular weight is 384 g/mol. The Morgan fingerprint density at radius 3 is 2.57 bits per heavy atom. The van der Waals surface area contributed by atoms with Gasteiger partial charge in [0.15, 0.2) is 12.4 Å². The van der Waals surface area contributed by atoms with Crippen LogP contribution >= 0.6 is 0 Å². The van der Waals surface area contributed by atoms with Crippen LogP contribution in [0.25, 0.3) is 6.08 Å². The highest BCUT2D eigenvalue weighted by molar-refractivity contribution is 6.14. The molecule has 0 unspecified atom stereocenters. The Morgan fingerprint density at radius 1 is 1.07 bits per heavy atom.